The Hall–Kier alpha value is -1.81. The number of hydrogen-bond donors (Lipinski definition) is 1. The van der Waals surface area contributed by atoms with Gasteiger partial charge in [0.2, 0.25) is 0 Å². The van der Waals surface area contributed by atoms with E-state index < -0.39 is 0 Å². The maximum absolute atomic E-state index is 5.33. The van der Waals surface area contributed by atoms with Gasteiger partial charge in [0, 0.05) is 37.6 Å². The molecule has 2 aromatic heterocycles. The second kappa shape index (κ2) is 6.38. The fraction of sp³-hybridized carbons (Fsp3) is 0.400. The number of nitrogens with zero attached hydrogens (tertiary/aromatic N) is 2. The predicted octanol–water partition coefficient (Wildman–Crippen LogP) is 2.73. The fourth-order valence-electron chi connectivity index (χ4n) is 1.97. The van der Waals surface area contributed by atoms with Crippen molar-refractivity contribution in [1.29, 1.82) is 0 Å². The summed E-state index contributed by atoms with van der Waals surface area (Å²) in [5.41, 5.74) is 3.45. The molecular formula is C15H21N3O. The first-order chi connectivity index (χ1) is 9.20. The molecule has 0 aliphatic rings. The molecule has 102 valence electrons. The molecule has 0 atom stereocenters. The second-order valence-corrected chi connectivity index (χ2v) is 4.64. The molecule has 0 saturated carbocycles. The molecule has 2 heterocycles. The van der Waals surface area contributed by atoms with Crippen molar-refractivity contribution < 1.29 is 4.42 Å². The maximum Gasteiger partial charge on any atom is 0.105 e. The van der Waals surface area contributed by atoms with Gasteiger partial charge in [-0.25, -0.2) is 0 Å². The summed E-state index contributed by atoms with van der Waals surface area (Å²) >= 11 is 0. The predicted molar refractivity (Wildman–Crippen MR) is 77.2 cm³/mol. The van der Waals surface area contributed by atoms with Crippen molar-refractivity contribution in [3.63, 3.8) is 0 Å². The zero-order valence-electron chi connectivity index (χ0n) is 11.8. The molecular weight excluding hydrogens is 238 g/mol. The summed E-state index contributed by atoms with van der Waals surface area (Å²) in [6, 6.07) is 6.18. The van der Waals surface area contributed by atoms with Crippen molar-refractivity contribution in [1.82, 2.24) is 10.3 Å². The first-order valence-corrected chi connectivity index (χ1v) is 6.60. The molecule has 4 heteroatoms. The SMILES string of the molecule is CCNCc1cc(N(C)Cc2ccoc2C)ccn1. The van der Waals surface area contributed by atoms with Crippen LogP contribution in [0.25, 0.3) is 0 Å². The molecule has 0 radical (unpaired) electrons. The molecule has 4 nitrogen and oxygen atoms in total. The Morgan fingerprint density at radius 3 is 2.89 bits per heavy atom. The average molecular weight is 259 g/mol. The number of hydrogen-bond acceptors (Lipinski definition) is 4. The van der Waals surface area contributed by atoms with Gasteiger partial charge in [-0.1, -0.05) is 6.92 Å². The molecule has 0 fully saturated rings. The van der Waals surface area contributed by atoms with E-state index in [0.29, 0.717) is 0 Å². The van der Waals surface area contributed by atoms with Gasteiger partial charge in [0.05, 0.1) is 12.0 Å². The maximum atomic E-state index is 5.33. The lowest BCUT2D eigenvalue weighted by atomic mass is 10.2. The summed E-state index contributed by atoms with van der Waals surface area (Å²) in [7, 11) is 2.08. The summed E-state index contributed by atoms with van der Waals surface area (Å²) in [4.78, 5) is 6.57. The highest BCUT2D eigenvalue weighted by Gasteiger charge is 2.07. The summed E-state index contributed by atoms with van der Waals surface area (Å²) in [5, 5.41) is 3.29. The zero-order chi connectivity index (χ0) is 13.7. The number of aryl methyl sites for hydroxylation is 1. The monoisotopic (exact) mass is 259 g/mol. The topological polar surface area (TPSA) is 41.3 Å². The van der Waals surface area contributed by atoms with Crippen molar-refractivity contribution in [3.8, 4) is 0 Å². The van der Waals surface area contributed by atoms with Crippen LogP contribution in [0.5, 0.6) is 0 Å². The number of nitrogens with one attached hydrogen (secondary N) is 1. The van der Waals surface area contributed by atoms with E-state index in [4.69, 9.17) is 4.42 Å². The molecule has 0 unspecified atom stereocenters. The lowest BCUT2D eigenvalue weighted by molar-refractivity contribution is 0.529. The van der Waals surface area contributed by atoms with Crippen LogP contribution in [0, 0.1) is 6.92 Å². The Balaban J connectivity index is 2.06. The third kappa shape index (κ3) is 3.58. The summed E-state index contributed by atoms with van der Waals surface area (Å²) in [6.07, 6.45) is 3.60. The lowest BCUT2D eigenvalue weighted by Gasteiger charge is -2.19. The third-order valence-electron chi connectivity index (χ3n) is 3.17. The van der Waals surface area contributed by atoms with E-state index in [1.165, 1.54) is 11.3 Å². The van der Waals surface area contributed by atoms with Crippen LogP contribution in [0.3, 0.4) is 0 Å². The van der Waals surface area contributed by atoms with E-state index >= 15 is 0 Å². The van der Waals surface area contributed by atoms with E-state index in [1.54, 1.807) is 6.26 Å². The zero-order valence-corrected chi connectivity index (χ0v) is 11.8. The van der Waals surface area contributed by atoms with Gasteiger partial charge in [-0.15, -0.1) is 0 Å². The average Bonchev–Trinajstić information content (AvgIpc) is 2.82. The normalized spacial score (nSPS) is 10.7. The van der Waals surface area contributed by atoms with Crippen LogP contribution in [0.1, 0.15) is 23.9 Å². The van der Waals surface area contributed by atoms with Crippen LogP contribution < -0.4 is 10.2 Å². The Labute approximate surface area is 114 Å². The number of aromatic nitrogens is 1. The molecule has 19 heavy (non-hydrogen) atoms. The minimum atomic E-state index is 0.808. The van der Waals surface area contributed by atoms with Gasteiger partial charge in [0.1, 0.15) is 5.76 Å². The molecule has 0 aromatic carbocycles. The highest BCUT2D eigenvalue weighted by Crippen LogP contribution is 2.18. The lowest BCUT2D eigenvalue weighted by Crippen LogP contribution is -2.18. The van der Waals surface area contributed by atoms with Crippen LogP contribution >= 0.6 is 0 Å². The quantitative estimate of drug-likeness (QED) is 0.866. The van der Waals surface area contributed by atoms with Crippen LogP contribution in [0.4, 0.5) is 5.69 Å². The minimum absolute atomic E-state index is 0.808. The Bertz CT molecular complexity index is 522. The highest BCUT2D eigenvalue weighted by molar-refractivity contribution is 5.46. The third-order valence-corrected chi connectivity index (χ3v) is 3.17. The largest absolute Gasteiger partial charge is 0.469 e. The minimum Gasteiger partial charge on any atom is -0.469 e. The first-order valence-electron chi connectivity index (χ1n) is 6.60. The van der Waals surface area contributed by atoms with E-state index in [2.05, 4.69) is 35.2 Å². The van der Waals surface area contributed by atoms with Gasteiger partial charge in [-0.05, 0) is 31.7 Å². The Kier molecular flexibility index (Phi) is 4.58. The van der Waals surface area contributed by atoms with Crippen molar-refractivity contribution in [3.05, 3.63) is 47.7 Å². The van der Waals surface area contributed by atoms with Crippen molar-refractivity contribution in [2.24, 2.45) is 0 Å². The van der Waals surface area contributed by atoms with Gasteiger partial charge in [0.25, 0.3) is 0 Å². The van der Waals surface area contributed by atoms with Crippen molar-refractivity contribution >= 4 is 5.69 Å². The van der Waals surface area contributed by atoms with Crippen molar-refractivity contribution in [2.45, 2.75) is 26.9 Å². The van der Waals surface area contributed by atoms with Gasteiger partial charge in [-0.3, -0.25) is 4.98 Å². The Morgan fingerprint density at radius 2 is 2.21 bits per heavy atom. The van der Waals surface area contributed by atoms with E-state index in [0.717, 1.165) is 31.1 Å². The number of anilines is 1. The molecule has 1 N–H and O–H groups in total. The van der Waals surface area contributed by atoms with Crippen LogP contribution in [0.2, 0.25) is 0 Å². The van der Waals surface area contributed by atoms with E-state index in [1.807, 2.05) is 25.3 Å². The van der Waals surface area contributed by atoms with Gasteiger partial charge >= 0.3 is 0 Å². The molecule has 2 aromatic rings. The molecule has 0 aliphatic carbocycles. The summed E-state index contributed by atoms with van der Waals surface area (Å²) in [6.45, 7) is 6.69. The van der Waals surface area contributed by atoms with Crippen LogP contribution in [0.15, 0.2) is 35.1 Å². The second-order valence-electron chi connectivity index (χ2n) is 4.64. The molecule has 0 saturated heterocycles. The van der Waals surface area contributed by atoms with Crippen molar-refractivity contribution in [2.75, 3.05) is 18.5 Å². The molecule has 0 aliphatic heterocycles. The van der Waals surface area contributed by atoms with E-state index in [9.17, 15) is 0 Å². The van der Waals surface area contributed by atoms with Gasteiger partial charge < -0.3 is 14.6 Å². The first kappa shape index (κ1) is 13.6. The summed E-state index contributed by atoms with van der Waals surface area (Å²) < 4.78 is 5.33. The molecule has 2 rings (SSSR count). The van der Waals surface area contributed by atoms with Gasteiger partial charge in [0.15, 0.2) is 0 Å². The number of furan rings is 1. The molecule has 0 spiro atoms. The smallest absolute Gasteiger partial charge is 0.105 e. The number of pyridine rings is 1. The number of rotatable bonds is 6. The van der Waals surface area contributed by atoms with Gasteiger partial charge in [-0.2, -0.15) is 0 Å². The fourth-order valence-corrected chi connectivity index (χ4v) is 1.97. The molecule has 0 amide bonds. The molecule has 0 bridgehead atoms. The van der Waals surface area contributed by atoms with Crippen LogP contribution in [-0.4, -0.2) is 18.6 Å². The Morgan fingerprint density at radius 1 is 1.37 bits per heavy atom. The highest BCUT2D eigenvalue weighted by atomic mass is 16.3. The summed E-state index contributed by atoms with van der Waals surface area (Å²) in [5.74, 6) is 0.980. The van der Waals surface area contributed by atoms with E-state index in [-0.39, 0.29) is 0 Å². The van der Waals surface area contributed by atoms with Crippen LogP contribution in [-0.2, 0) is 13.1 Å². The standard InChI is InChI=1S/C15H21N3O/c1-4-16-10-14-9-15(5-7-17-14)18(3)11-13-6-8-19-12(13)2/h5-9,16H,4,10-11H2,1-3H3.